The van der Waals surface area contributed by atoms with E-state index in [1.54, 1.807) is 0 Å². The van der Waals surface area contributed by atoms with Gasteiger partial charge in [-0.25, -0.2) is 9.97 Å². The average molecular weight is 680 g/mol. The fourth-order valence-corrected chi connectivity index (χ4v) is 9.04. The van der Waals surface area contributed by atoms with Crippen molar-refractivity contribution in [3.8, 4) is 39.5 Å². The molecule has 0 aliphatic carbocycles. The first-order valence-electron chi connectivity index (χ1n) is 17.6. The molecule has 3 heterocycles. The van der Waals surface area contributed by atoms with E-state index in [4.69, 9.17) is 9.97 Å². The Kier molecular flexibility index (Phi) is 6.42. The molecule has 3 aromatic heterocycles. The van der Waals surface area contributed by atoms with Crippen molar-refractivity contribution in [2.45, 2.75) is 0 Å². The first-order chi connectivity index (χ1) is 25.8. The first-order valence-corrected chi connectivity index (χ1v) is 18.4. The maximum absolute atomic E-state index is 5.10. The Balaban J connectivity index is 1.03. The zero-order chi connectivity index (χ0) is 34.2. The minimum absolute atomic E-state index is 0.722. The molecular weight excluding hydrogens is 651 g/mol. The summed E-state index contributed by atoms with van der Waals surface area (Å²) in [5, 5.41) is 8.80. The SMILES string of the molecule is c1ccc(-c2nc(-c3ccc(-n4c5ccccc5c5cc(-c6ccc7sc8ccc9ccccc9c8c7c6)ccc54)cc3)nc3ccccc23)cc1. The minimum atomic E-state index is 0.722. The van der Waals surface area contributed by atoms with Gasteiger partial charge < -0.3 is 4.57 Å². The Labute approximate surface area is 303 Å². The van der Waals surface area contributed by atoms with Crippen LogP contribution in [0.3, 0.4) is 0 Å². The maximum Gasteiger partial charge on any atom is 0.160 e. The summed E-state index contributed by atoms with van der Waals surface area (Å²) in [5.74, 6) is 0.722. The molecule has 4 heteroatoms. The number of rotatable bonds is 4. The fraction of sp³-hybridized carbons (Fsp3) is 0. The summed E-state index contributed by atoms with van der Waals surface area (Å²) >= 11 is 1.87. The van der Waals surface area contributed by atoms with Gasteiger partial charge in [-0.1, -0.05) is 109 Å². The predicted octanol–water partition coefficient (Wildman–Crippen LogP) is 13.2. The van der Waals surface area contributed by atoms with Crippen LogP contribution in [0.1, 0.15) is 0 Å². The summed E-state index contributed by atoms with van der Waals surface area (Å²) in [6.07, 6.45) is 0. The van der Waals surface area contributed by atoms with Crippen LogP contribution < -0.4 is 0 Å². The standard InChI is InChI=1S/C48H29N3S/c1-2-11-31(12-3-1)47-38-15-6-8-16-41(38)49-48(50-47)32-18-23-35(24-19-32)51-42-17-9-7-14-37(42)39-28-33(20-25-43(39)51)34-22-26-44-40(29-34)46-36-13-5-4-10-30(36)21-27-45(46)52-44/h1-29H. The van der Waals surface area contributed by atoms with Crippen LogP contribution >= 0.6 is 11.3 Å². The molecule has 0 saturated heterocycles. The van der Waals surface area contributed by atoms with E-state index in [9.17, 15) is 0 Å². The van der Waals surface area contributed by atoms with Crippen molar-refractivity contribution < 1.29 is 0 Å². The van der Waals surface area contributed by atoms with Crippen molar-refractivity contribution >= 4 is 75.0 Å². The van der Waals surface area contributed by atoms with Crippen LogP contribution in [0.2, 0.25) is 0 Å². The van der Waals surface area contributed by atoms with E-state index < -0.39 is 0 Å². The van der Waals surface area contributed by atoms with Crippen molar-refractivity contribution in [2.24, 2.45) is 0 Å². The highest BCUT2D eigenvalue weighted by Crippen LogP contribution is 2.41. The van der Waals surface area contributed by atoms with Gasteiger partial charge in [-0.15, -0.1) is 11.3 Å². The molecule has 11 aromatic rings. The van der Waals surface area contributed by atoms with Crippen molar-refractivity contribution in [2.75, 3.05) is 0 Å². The van der Waals surface area contributed by atoms with Crippen LogP contribution in [-0.4, -0.2) is 14.5 Å². The normalized spacial score (nSPS) is 11.8. The molecule has 0 atom stereocenters. The van der Waals surface area contributed by atoms with Gasteiger partial charge in [0.05, 0.1) is 22.2 Å². The quantitative estimate of drug-likeness (QED) is 0.185. The van der Waals surface area contributed by atoms with Gasteiger partial charge in [0.2, 0.25) is 0 Å². The van der Waals surface area contributed by atoms with E-state index in [1.165, 1.54) is 63.9 Å². The lowest BCUT2D eigenvalue weighted by molar-refractivity contribution is 1.17. The second-order valence-electron chi connectivity index (χ2n) is 13.4. The Hall–Kier alpha value is -6.62. The lowest BCUT2D eigenvalue weighted by Crippen LogP contribution is -1.97. The number of thiophene rings is 1. The molecule has 0 amide bonds. The molecular formula is C48H29N3S. The molecule has 0 unspecified atom stereocenters. The molecule has 0 fully saturated rings. The lowest BCUT2D eigenvalue weighted by Gasteiger charge is -2.11. The Bertz CT molecular complexity index is 3170. The molecule has 0 bridgehead atoms. The third kappa shape index (κ3) is 4.51. The summed E-state index contributed by atoms with van der Waals surface area (Å²) in [6.45, 7) is 0. The summed E-state index contributed by atoms with van der Waals surface area (Å²) in [4.78, 5) is 10.1. The maximum atomic E-state index is 5.10. The third-order valence-corrected chi connectivity index (χ3v) is 11.5. The number of fused-ring (bicyclic) bond motifs is 9. The number of benzene rings is 8. The van der Waals surface area contributed by atoms with E-state index in [-0.39, 0.29) is 0 Å². The van der Waals surface area contributed by atoms with Crippen LogP contribution in [-0.2, 0) is 0 Å². The fourth-order valence-electron chi connectivity index (χ4n) is 7.94. The van der Waals surface area contributed by atoms with Gasteiger partial charge in [0.1, 0.15) is 0 Å². The smallest absolute Gasteiger partial charge is 0.160 e. The van der Waals surface area contributed by atoms with Crippen molar-refractivity contribution in [1.29, 1.82) is 0 Å². The highest BCUT2D eigenvalue weighted by molar-refractivity contribution is 7.26. The average Bonchev–Trinajstić information content (AvgIpc) is 3.76. The van der Waals surface area contributed by atoms with Gasteiger partial charge in [0, 0.05) is 53.1 Å². The number of aromatic nitrogens is 3. The van der Waals surface area contributed by atoms with Crippen LogP contribution in [0.5, 0.6) is 0 Å². The van der Waals surface area contributed by atoms with Crippen LogP contribution in [0, 0.1) is 0 Å². The second kappa shape index (κ2) is 11.5. The van der Waals surface area contributed by atoms with E-state index in [1.807, 2.05) is 29.5 Å². The molecule has 0 spiro atoms. The Morgan fingerprint density at radius 3 is 1.92 bits per heavy atom. The lowest BCUT2D eigenvalue weighted by atomic mass is 9.99. The molecule has 52 heavy (non-hydrogen) atoms. The molecule has 0 radical (unpaired) electrons. The van der Waals surface area contributed by atoms with Crippen molar-refractivity contribution in [3.63, 3.8) is 0 Å². The number of hydrogen-bond acceptors (Lipinski definition) is 3. The van der Waals surface area contributed by atoms with Crippen molar-refractivity contribution in [1.82, 2.24) is 14.5 Å². The summed E-state index contributed by atoms with van der Waals surface area (Å²) < 4.78 is 5.03. The first kappa shape index (κ1) is 29.1. The number of hydrogen-bond donors (Lipinski definition) is 0. The molecule has 0 saturated carbocycles. The molecule has 3 nitrogen and oxygen atoms in total. The zero-order valence-corrected chi connectivity index (χ0v) is 28.8. The summed E-state index contributed by atoms with van der Waals surface area (Å²) in [5.41, 5.74) is 9.87. The molecule has 8 aromatic carbocycles. The van der Waals surface area contributed by atoms with Crippen LogP contribution in [0.25, 0.3) is 103 Å². The van der Waals surface area contributed by atoms with Gasteiger partial charge >= 0.3 is 0 Å². The van der Waals surface area contributed by atoms with Gasteiger partial charge in [0.25, 0.3) is 0 Å². The summed E-state index contributed by atoms with van der Waals surface area (Å²) in [7, 11) is 0. The highest BCUT2D eigenvalue weighted by atomic mass is 32.1. The van der Waals surface area contributed by atoms with Gasteiger partial charge in [-0.2, -0.15) is 0 Å². The van der Waals surface area contributed by atoms with E-state index in [0.29, 0.717) is 0 Å². The van der Waals surface area contributed by atoms with Gasteiger partial charge in [-0.3, -0.25) is 0 Å². The van der Waals surface area contributed by atoms with E-state index >= 15 is 0 Å². The molecule has 0 aliphatic rings. The largest absolute Gasteiger partial charge is 0.309 e. The number of nitrogens with zero attached hydrogens (tertiary/aromatic N) is 3. The molecule has 0 N–H and O–H groups in total. The van der Waals surface area contributed by atoms with Gasteiger partial charge in [0.15, 0.2) is 5.82 Å². The molecule has 242 valence electrons. The Morgan fingerprint density at radius 1 is 0.404 bits per heavy atom. The topological polar surface area (TPSA) is 30.7 Å². The second-order valence-corrected chi connectivity index (χ2v) is 14.5. The number of para-hydroxylation sites is 2. The van der Waals surface area contributed by atoms with Crippen LogP contribution in [0.4, 0.5) is 0 Å². The van der Waals surface area contributed by atoms with E-state index in [0.717, 1.165) is 39.2 Å². The Morgan fingerprint density at radius 2 is 1.06 bits per heavy atom. The van der Waals surface area contributed by atoms with Gasteiger partial charge in [-0.05, 0) is 88.6 Å². The minimum Gasteiger partial charge on any atom is -0.309 e. The summed E-state index contributed by atoms with van der Waals surface area (Å²) in [6, 6.07) is 63.1. The third-order valence-electron chi connectivity index (χ3n) is 10.4. The van der Waals surface area contributed by atoms with E-state index in [2.05, 4.69) is 162 Å². The highest BCUT2D eigenvalue weighted by Gasteiger charge is 2.16. The molecule has 0 aliphatic heterocycles. The zero-order valence-electron chi connectivity index (χ0n) is 28.0. The predicted molar refractivity (Wildman–Crippen MR) is 221 cm³/mol. The van der Waals surface area contributed by atoms with Crippen molar-refractivity contribution in [3.05, 3.63) is 176 Å². The molecule has 11 rings (SSSR count). The van der Waals surface area contributed by atoms with Crippen LogP contribution in [0.15, 0.2) is 176 Å². The monoisotopic (exact) mass is 679 g/mol.